The van der Waals surface area contributed by atoms with Gasteiger partial charge in [-0.15, -0.1) is 0 Å². The van der Waals surface area contributed by atoms with Crippen molar-refractivity contribution in [2.45, 2.75) is 71.8 Å². The minimum absolute atomic E-state index is 0.219. The number of ether oxygens (including phenoxy) is 1. The minimum atomic E-state index is -0.516. The Labute approximate surface area is 174 Å². The van der Waals surface area contributed by atoms with E-state index in [9.17, 15) is 9.50 Å². The number of unbranched alkanes of at least 4 members (excludes halogenated alkanes) is 2. The Morgan fingerprint density at radius 2 is 1.76 bits per heavy atom. The quantitative estimate of drug-likeness (QED) is 0.492. The van der Waals surface area contributed by atoms with E-state index in [-0.39, 0.29) is 11.6 Å². The summed E-state index contributed by atoms with van der Waals surface area (Å²) in [5, 5.41) is 10.9. The fourth-order valence-corrected chi connectivity index (χ4v) is 4.12. The molecule has 0 aromatic heterocycles. The number of rotatable bonds is 7. The van der Waals surface area contributed by atoms with E-state index in [2.05, 4.69) is 26.8 Å². The first-order valence-corrected chi connectivity index (χ1v) is 10.8. The number of hydrogen-bond acceptors (Lipinski definition) is 2. The van der Waals surface area contributed by atoms with Gasteiger partial charge in [-0.3, -0.25) is 0 Å². The van der Waals surface area contributed by atoms with E-state index in [1.54, 1.807) is 12.1 Å². The highest BCUT2D eigenvalue weighted by Gasteiger charge is 2.30. The topological polar surface area (TPSA) is 29.5 Å². The Hall–Kier alpha value is -2.29. The predicted molar refractivity (Wildman–Crippen MR) is 118 cm³/mol. The van der Waals surface area contributed by atoms with Crippen molar-refractivity contribution in [1.29, 1.82) is 0 Å². The molecule has 1 aliphatic rings. The number of hydrogen-bond donors (Lipinski definition) is 1. The molecule has 2 aromatic rings. The van der Waals surface area contributed by atoms with Crippen molar-refractivity contribution >= 4 is 5.57 Å². The molecule has 0 radical (unpaired) electrons. The van der Waals surface area contributed by atoms with Crippen molar-refractivity contribution in [2.75, 3.05) is 0 Å². The normalized spacial score (nSPS) is 17.1. The smallest absolute Gasteiger partial charge is 0.132 e. The monoisotopic (exact) mass is 396 g/mol. The molecule has 0 fully saturated rings. The summed E-state index contributed by atoms with van der Waals surface area (Å²) in [5.41, 5.74) is 3.02. The van der Waals surface area contributed by atoms with Gasteiger partial charge < -0.3 is 9.84 Å². The number of aromatic hydroxyl groups is 1. The average Bonchev–Trinajstić information content (AvgIpc) is 2.66. The molecule has 1 N–H and O–H groups in total. The molecular formula is C26H33FO2. The summed E-state index contributed by atoms with van der Waals surface area (Å²) in [5.74, 6) is 1.50. The molecule has 156 valence electrons. The summed E-state index contributed by atoms with van der Waals surface area (Å²) < 4.78 is 19.7. The predicted octanol–water partition coefficient (Wildman–Crippen LogP) is 7.45. The van der Waals surface area contributed by atoms with Crippen molar-refractivity contribution < 1.29 is 14.2 Å². The second kappa shape index (κ2) is 8.61. The SMILES string of the molecule is CCCCCC(C)C(C)c1cc(O)c2c(c1)OC(C)(C)C=C2c1ccc(F)cc1. The molecule has 2 aromatic carbocycles. The first-order chi connectivity index (χ1) is 13.7. The highest BCUT2D eigenvalue weighted by Crippen LogP contribution is 2.46. The molecule has 2 unspecified atom stereocenters. The standard InChI is InChI=1S/C26H33FO2/c1-6-7-8-9-17(2)18(3)20-14-23(28)25-22(19-10-12-21(27)13-11-19)16-26(4,5)29-24(25)15-20/h10-18,28H,6-9H2,1-5H3. The molecule has 3 heteroatoms. The van der Waals surface area contributed by atoms with E-state index < -0.39 is 5.60 Å². The molecule has 0 spiro atoms. The van der Waals surface area contributed by atoms with Crippen LogP contribution in [0.3, 0.4) is 0 Å². The van der Waals surface area contributed by atoms with E-state index in [1.807, 2.05) is 26.0 Å². The van der Waals surface area contributed by atoms with E-state index >= 15 is 0 Å². The Morgan fingerprint density at radius 3 is 2.41 bits per heavy atom. The third-order valence-corrected chi connectivity index (χ3v) is 6.04. The van der Waals surface area contributed by atoms with Gasteiger partial charge in [0, 0.05) is 0 Å². The van der Waals surface area contributed by atoms with Crippen LogP contribution < -0.4 is 4.74 Å². The van der Waals surface area contributed by atoms with Gasteiger partial charge in [-0.05, 0) is 72.7 Å². The number of phenolic OH excluding ortho intramolecular Hbond substituents is 1. The van der Waals surface area contributed by atoms with Gasteiger partial charge in [0.05, 0.1) is 5.56 Å². The maximum atomic E-state index is 13.4. The van der Waals surface area contributed by atoms with Crippen LogP contribution in [0.5, 0.6) is 11.5 Å². The number of halogens is 1. The zero-order valence-corrected chi connectivity index (χ0v) is 18.3. The van der Waals surface area contributed by atoms with Crippen LogP contribution in [0.25, 0.3) is 5.57 Å². The fraction of sp³-hybridized carbons (Fsp3) is 0.462. The summed E-state index contributed by atoms with van der Waals surface area (Å²) >= 11 is 0. The average molecular weight is 397 g/mol. The molecule has 0 saturated heterocycles. The first kappa shape index (κ1) is 21.4. The summed E-state index contributed by atoms with van der Waals surface area (Å²) in [7, 11) is 0. The van der Waals surface area contributed by atoms with Crippen molar-refractivity contribution in [2.24, 2.45) is 5.92 Å². The molecule has 0 aliphatic carbocycles. The Kier molecular flexibility index (Phi) is 6.36. The van der Waals surface area contributed by atoms with Crippen LogP contribution in [0.2, 0.25) is 0 Å². The zero-order valence-electron chi connectivity index (χ0n) is 18.3. The lowest BCUT2D eigenvalue weighted by atomic mass is 9.83. The van der Waals surface area contributed by atoms with Crippen LogP contribution in [0.15, 0.2) is 42.5 Å². The van der Waals surface area contributed by atoms with Crippen LogP contribution in [0.4, 0.5) is 4.39 Å². The molecule has 0 bridgehead atoms. The third kappa shape index (κ3) is 4.83. The van der Waals surface area contributed by atoms with Gasteiger partial charge in [0.15, 0.2) is 0 Å². The molecule has 0 saturated carbocycles. The van der Waals surface area contributed by atoms with Gasteiger partial charge in [-0.2, -0.15) is 0 Å². The summed E-state index contributed by atoms with van der Waals surface area (Å²) in [6, 6.07) is 10.3. The first-order valence-electron chi connectivity index (χ1n) is 10.8. The van der Waals surface area contributed by atoms with Crippen molar-refractivity contribution in [3.05, 3.63) is 65.0 Å². The van der Waals surface area contributed by atoms with Gasteiger partial charge in [0.2, 0.25) is 0 Å². The van der Waals surface area contributed by atoms with Crippen LogP contribution in [0.1, 0.15) is 82.9 Å². The van der Waals surface area contributed by atoms with E-state index in [1.165, 1.54) is 37.8 Å². The number of phenols is 1. The summed E-state index contributed by atoms with van der Waals surface area (Å²) in [6.45, 7) is 10.7. The van der Waals surface area contributed by atoms with Gasteiger partial charge in [-0.25, -0.2) is 4.39 Å². The van der Waals surface area contributed by atoms with Crippen LogP contribution in [-0.2, 0) is 0 Å². The Bertz CT molecular complexity index is 880. The second-order valence-electron chi connectivity index (χ2n) is 8.95. The largest absolute Gasteiger partial charge is 0.507 e. The third-order valence-electron chi connectivity index (χ3n) is 6.04. The highest BCUT2D eigenvalue weighted by molar-refractivity contribution is 5.87. The zero-order chi connectivity index (χ0) is 21.2. The molecule has 3 rings (SSSR count). The van der Waals surface area contributed by atoms with E-state index in [4.69, 9.17) is 4.74 Å². The molecule has 29 heavy (non-hydrogen) atoms. The van der Waals surface area contributed by atoms with Crippen LogP contribution in [-0.4, -0.2) is 10.7 Å². The summed E-state index contributed by atoms with van der Waals surface area (Å²) in [4.78, 5) is 0. The van der Waals surface area contributed by atoms with E-state index in [0.717, 1.165) is 16.7 Å². The van der Waals surface area contributed by atoms with Gasteiger partial charge in [0.25, 0.3) is 0 Å². The van der Waals surface area contributed by atoms with Crippen molar-refractivity contribution in [1.82, 2.24) is 0 Å². The lowest BCUT2D eigenvalue weighted by Gasteiger charge is -2.33. The minimum Gasteiger partial charge on any atom is -0.507 e. The molecule has 0 amide bonds. The van der Waals surface area contributed by atoms with Gasteiger partial charge >= 0.3 is 0 Å². The number of benzene rings is 2. The van der Waals surface area contributed by atoms with Crippen LogP contribution >= 0.6 is 0 Å². The lowest BCUT2D eigenvalue weighted by molar-refractivity contribution is 0.157. The van der Waals surface area contributed by atoms with Crippen LogP contribution in [0, 0.1) is 11.7 Å². The number of fused-ring (bicyclic) bond motifs is 1. The molecular weight excluding hydrogens is 363 g/mol. The fourth-order valence-electron chi connectivity index (χ4n) is 4.12. The second-order valence-corrected chi connectivity index (χ2v) is 8.95. The molecule has 2 atom stereocenters. The van der Waals surface area contributed by atoms with Crippen molar-refractivity contribution in [3.8, 4) is 11.5 Å². The molecule has 1 aliphatic heterocycles. The highest BCUT2D eigenvalue weighted by atomic mass is 19.1. The Balaban J connectivity index is 1.98. The van der Waals surface area contributed by atoms with Gasteiger partial charge in [-0.1, -0.05) is 58.6 Å². The summed E-state index contributed by atoms with van der Waals surface area (Å²) in [6.07, 6.45) is 6.90. The molecule has 2 nitrogen and oxygen atoms in total. The van der Waals surface area contributed by atoms with Crippen molar-refractivity contribution in [3.63, 3.8) is 0 Å². The maximum absolute atomic E-state index is 13.4. The maximum Gasteiger partial charge on any atom is 0.132 e. The van der Waals surface area contributed by atoms with E-state index in [0.29, 0.717) is 23.1 Å². The lowest BCUT2D eigenvalue weighted by Crippen LogP contribution is -2.29. The Morgan fingerprint density at radius 1 is 1.07 bits per heavy atom. The van der Waals surface area contributed by atoms with Gasteiger partial charge in [0.1, 0.15) is 22.9 Å². The molecule has 1 heterocycles.